The van der Waals surface area contributed by atoms with Crippen molar-refractivity contribution in [1.29, 1.82) is 0 Å². The van der Waals surface area contributed by atoms with Gasteiger partial charge in [-0.25, -0.2) is 0 Å². The van der Waals surface area contributed by atoms with E-state index < -0.39 is 6.10 Å². The number of likely N-dealkylation sites (N-methyl/N-ethyl adjacent to an activating group) is 1. The molecule has 1 heterocycles. The van der Waals surface area contributed by atoms with Crippen LogP contribution in [0.4, 0.5) is 0 Å². The molecule has 0 amide bonds. The van der Waals surface area contributed by atoms with E-state index in [-0.39, 0.29) is 6.10 Å². The summed E-state index contributed by atoms with van der Waals surface area (Å²) in [5.74, 6) is 0. The van der Waals surface area contributed by atoms with Crippen LogP contribution in [0.5, 0.6) is 0 Å². The first-order chi connectivity index (χ1) is 9.25. The van der Waals surface area contributed by atoms with Crippen molar-refractivity contribution in [3.63, 3.8) is 0 Å². The Balaban J connectivity index is 1.95. The largest absolute Gasteiger partial charge is 0.386 e. The average Bonchev–Trinajstić information content (AvgIpc) is 2.46. The Labute approximate surface area is 113 Å². The number of aliphatic hydroxyl groups excluding tert-OH is 1. The minimum atomic E-state index is -0.575. The summed E-state index contributed by atoms with van der Waals surface area (Å²) < 4.78 is 5.72. The molecular weight excluding hydrogens is 238 g/mol. The molecule has 0 spiro atoms. The third kappa shape index (κ3) is 2.50. The van der Waals surface area contributed by atoms with Crippen molar-refractivity contribution in [1.82, 2.24) is 4.90 Å². The first-order valence-electron chi connectivity index (χ1n) is 6.71. The Bertz CT molecular complexity index is 564. The number of fused-ring (bicyclic) bond motifs is 1. The number of rotatable bonds is 2. The first-order valence-corrected chi connectivity index (χ1v) is 6.71. The van der Waals surface area contributed by atoms with Gasteiger partial charge in [0.2, 0.25) is 0 Å². The molecule has 2 unspecified atom stereocenters. The molecule has 100 valence electrons. The zero-order valence-electron chi connectivity index (χ0n) is 11.1. The molecule has 3 rings (SSSR count). The third-order valence-electron chi connectivity index (χ3n) is 3.79. The molecule has 3 nitrogen and oxygen atoms in total. The van der Waals surface area contributed by atoms with Crippen LogP contribution in [0.3, 0.4) is 0 Å². The van der Waals surface area contributed by atoms with Gasteiger partial charge in [0.05, 0.1) is 6.61 Å². The zero-order valence-corrected chi connectivity index (χ0v) is 11.1. The topological polar surface area (TPSA) is 32.7 Å². The summed E-state index contributed by atoms with van der Waals surface area (Å²) in [7, 11) is 2.06. The van der Waals surface area contributed by atoms with E-state index in [4.69, 9.17) is 4.74 Å². The lowest BCUT2D eigenvalue weighted by atomic mass is 9.97. The summed E-state index contributed by atoms with van der Waals surface area (Å²) in [6.07, 6.45) is -0.724. The molecule has 1 aliphatic heterocycles. The predicted octanol–water partition coefficient (Wildman–Crippen LogP) is 2.20. The molecule has 2 aromatic rings. The van der Waals surface area contributed by atoms with Gasteiger partial charge in [-0.05, 0) is 23.4 Å². The quantitative estimate of drug-likeness (QED) is 0.895. The number of benzene rings is 2. The first kappa shape index (κ1) is 12.6. The molecular formula is C16H19NO2. The highest BCUT2D eigenvalue weighted by atomic mass is 16.5. The van der Waals surface area contributed by atoms with Crippen LogP contribution in [0.2, 0.25) is 0 Å². The molecule has 3 heteroatoms. The van der Waals surface area contributed by atoms with Crippen molar-refractivity contribution in [2.45, 2.75) is 12.2 Å². The molecule has 19 heavy (non-hydrogen) atoms. The van der Waals surface area contributed by atoms with Crippen LogP contribution < -0.4 is 0 Å². The van der Waals surface area contributed by atoms with Crippen molar-refractivity contribution in [3.05, 3.63) is 48.0 Å². The summed E-state index contributed by atoms with van der Waals surface area (Å²) in [5, 5.41) is 12.9. The van der Waals surface area contributed by atoms with Crippen LogP contribution in [0.15, 0.2) is 42.5 Å². The minimum Gasteiger partial charge on any atom is -0.386 e. The fourth-order valence-corrected chi connectivity index (χ4v) is 2.71. The lowest BCUT2D eigenvalue weighted by Gasteiger charge is -2.33. The highest BCUT2D eigenvalue weighted by Crippen LogP contribution is 2.28. The Morgan fingerprint density at radius 2 is 2.00 bits per heavy atom. The maximum atomic E-state index is 10.6. The van der Waals surface area contributed by atoms with Gasteiger partial charge in [-0.3, -0.25) is 0 Å². The SMILES string of the molecule is CN1CCOC(C(O)c2cccc3ccccc23)C1. The second-order valence-corrected chi connectivity index (χ2v) is 5.18. The van der Waals surface area contributed by atoms with Crippen LogP contribution in [-0.2, 0) is 4.74 Å². The molecule has 0 aromatic heterocycles. The molecule has 1 aliphatic rings. The van der Waals surface area contributed by atoms with E-state index in [1.165, 1.54) is 0 Å². The van der Waals surface area contributed by atoms with Gasteiger partial charge in [0.25, 0.3) is 0 Å². The summed E-state index contributed by atoms with van der Waals surface area (Å²) >= 11 is 0. The smallest absolute Gasteiger partial charge is 0.107 e. The highest BCUT2D eigenvalue weighted by Gasteiger charge is 2.27. The van der Waals surface area contributed by atoms with E-state index in [1.807, 2.05) is 24.3 Å². The molecule has 0 saturated carbocycles. The van der Waals surface area contributed by atoms with E-state index in [2.05, 4.69) is 30.1 Å². The maximum absolute atomic E-state index is 10.6. The monoisotopic (exact) mass is 257 g/mol. The minimum absolute atomic E-state index is 0.149. The third-order valence-corrected chi connectivity index (χ3v) is 3.79. The van der Waals surface area contributed by atoms with Gasteiger partial charge in [-0.15, -0.1) is 0 Å². The Morgan fingerprint density at radius 3 is 2.84 bits per heavy atom. The van der Waals surface area contributed by atoms with Crippen molar-refractivity contribution < 1.29 is 9.84 Å². The lowest BCUT2D eigenvalue weighted by molar-refractivity contribution is -0.0840. The predicted molar refractivity (Wildman–Crippen MR) is 76.1 cm³/mol. The van der Waals surface area contributed by atoms with Gasteiger partial charge in [0.15, 0.2) is 0 Å². The van der Waals surface area contributed by atoms with Crippen LogP contribution in [0.1, 0.15) is 11.7 Å². The number of morpholine rings is 1. The van der Waals surface area contributed by atoms with Crippen molar-refractivity contribution in [2.75, 3.05) is 26.7 Å². The molecule has 2 aromatic carbocycles. The number of hydrogen-bond donors (Lipinski definition) is 1. The van der Waals surface area contributed by atoms with Crippen molar-refractivity contribution >= 4 is 10.8 Å². The standard InChI is InChI=1S/C16H19NO2/c1-17-9-10-19-15(11-17)16(18)14-8-4-6-12-5-2-3-7-13(12)14/h2-8,15-16,18H,9-11H2,1H3. The molecule has 1 N–H and O–H groups in total. The van der Waals surface area contributed by atoms with E-state index in [0.29, 0.717) is 6.61 Å². The number of aliphatic hydroxyl groups is 1. The van der Waals surface area contributed by atoms with Gasteiger partial charge in [0.1, 0.15) is 12.2 Å². The van der Waals surface area contributed by atoms with Crippen molar-refractivity contribution in [3.8, 4) is 0 Å². The summed E-state index contributed by atoms with van der Waals surface area (Å²) in [6.45, 7) is 2.38. The molecule has 2 atom stereocenters. The second-order valence-electron chi connectivity index (χ2n) is 5.18. The van der Waals surface area contributed by atoms with Gasteiger partial charge >= 0.3 is 0 Å². The van der Waals surface area contributed by atoms with Gasteiger partial charge in [-0.2, -0.15) is 0 Å². The second kappa shape index (κ2) is 5.29. The van der Waals surface area contributed by atoms with E-state index in [1.54, 1.807) is 0 Å². The molecule has 1 fully saturated rings. The fraction of sp³-hybridized carbons (Fsp3) is 0.375. The van der Waals surface area contributed by atoms with Crippen molar-refractivity contribution in [2.24, 2.45) is 0 Å². The number of ether oxygens (including phenoxy) is 1. The molecule has 0 aliphatic carbocycles. The molecule has 0 radical (unpaired) electrons. The van der Waals surface area contributed by atoms with Crippen LogP contribution in [0.25, 0.3) is 10.8 Å². The summed E-state index contributed by atoms with van der Waals surface area (Å²) in [6, 6.07) is 14.2. The maximum Gasteiger partial charge on any atom is 0.107 e. The fourth-order valence-electron chi connectivity index (χ4n) is 2.71. The normalized spacial score (nSPS) is 22.5. The summed E-state index contributed by atoms with van der Waals surface area (Å²) in [4.78, 5) is 2.20. The van der Waals surface area contributed by atoms with E-state index in [0.717, 1.165) is 29.4 Å². The van der Waals surface area contributed by atoms with Gasteiger partial charge < -0.3 is 14.7 Å². The van der Waals surface area contributed by atoms with E-state index in [9.17, 15) is 5.11 Å². The summed E-state index contributed by atoms with van der Waals surface area (Å²) in [5.41, 5.74) is 0.957. The van der Waals surface area contributed by atoms with Gasteiger partial charge in [-0.1, -0.05) is 42.5 Å². The van der Waals surface area contributed by atoms with Crippen LogP contribution in [0, 0.1) is 0 Å². The molecule has 1 saturated heterocycles. The lowest BCUT2D eigenvalue weighted by Crippen LogP contribution is -2.43. The number of hydrogen-bond acceptors (Lipinski definition) is 3. The number of nitrogens with zero attached hydrogens (tertiary/aromatic N) is 1. The van der Waals surface area contributed by atoms with Crippen LogP contribution in [-0.4, -0.2) is 42.9 Å². The average molecular weight is 257 g/mol. The van der Waals surface area contributed by atoms with E-state index >= 15 is 0 Å². The Hall–Kier alpha value is -1.42. The van der Waals surface area contributed by atoms with Gasteiger partial charge in [0, 0.05) is 13.1 Å². The zero-order chi connectivity index (χ0) is 13.2. The Morgan fingerprint density at radius 1 is 1.21 bits per heavy atom. The Kier molecular flexibility index (Phi) is 3.51. The molecule has 0 bridgehead atoms. The van der Waals surface area contributed by atoms with Crippen LogP contribution >= 0.6 is 0 Å². The highest BCUT2D eigenvalue weighted by molar-refractivity contribution is 5.86.